The Balaban J connectivity index is 1.32. The van der Waals surface area contributed by atoms with E-state index < -0.39 is 0 Å². The number of thiophene rings is 1. The fraction of sp³-hybridized carbons (Fsp3) is 0.429. The number of carbonyl (C=O) groups is 2. The number of carbonyl (C=O) groups excluding carboxylic acids is 2. The lowest BCUT2D eigenvalue weighted by Gasteiger charge is -2.30. The smallest absolute Gasteiger partial charge is 0.224 e. The Morgan fingerprint density at radius 2 is 2.26 bits per heavy atom. The highest BCUT2D eigenvalue weighted by atomic mass is 32.1. The third-order valence-corrected chi connectivity index (χ3v) is 6.23. The summed E-state index contributed by atoms with van der Waals surface area (Å²) in [5.41, 5.74) is 3.50. The van der Waals surface area contributed by atoms with Crippen molar-refractivity contribution in [3.63, 3.8) is 0 Å². The van der Waals surface area contributed by atoms with Gasteiger partial charge in [0, 0.05) is 30.6 Å². The summed E-state index contributed by atoms with van der Waals surface area (Å²) in [5, 5.41) is 19.7. The summed E-state index contributed by atoms with van der Waals surface area (Å²) in [7, 11) is 0. The zero-order valence-corrected chi connectivity index (χ0v) is 18.6. The van der Waals surface area contributed by atoms with Crippen LogP contribution >= 0.6 is 11.3 Å². The van der Waals surface area contributed by atoms with Crippen molar-refractivity contribution in [2.75, 3.05) is 0 Å². The number of aromatic nitrogens is 3. The lowest BCUT2D eigenvalue weighted by Crippen LogP contribution is -2.52. The van der Waals surface area contributed by atoms with Crippen LogP contribution in [0.15, 0.2) is 28.1 Å². The molecule has 0 aliphatic carbocycles. The van der Waals surface area contributed by atoms with E-state index in [2.05, 4.69) is 26.2 Å². The second-order valence-corrected chi connectivity index (χ2v) is 8.72. The van der Waals surface area contributed by atoms with E-state index in [4.69, 9.17) is 4.52 Å². The first-order chi connectivity index (χ1) is 14.9. The lowest BCUT2D eigenvalue weighted by atomic mass is 10.1. The van der Waals surface area contributed by atoms with Crippen LogP contribution in [0, 0.1) is 13.8 Å². The van der Waals surface area contributed by atoms with Crippen LogP contribution in [0.4, 0.5) is 0 Å². The molecule has 0 aromatic carbocycles. The minimum absolute atomic E-state index is 0.000164. The summed E-state index contributed by atoms with van der Waals surface area (Å²) >= 11 is 1.58. The molecule has 4 heterocycles. The van der Waals surface area contributed by atoms with Gasteiger partial charge in [0.15, 0.2) is 12.0 Å². The number of hydrogen-bond acceptors (Lipinski definition) is 7. The molecule has 1 saturated heterocycles. The van der Waals surface area contributed by atoms with Crippen molar-refractivity contribution in [3.05, 3.63) is 46.2 Å². The van der Waals surface area contributed by atoms with Crippen molar-refractivity contribution < 1.29 is 14.1 Å². The van der Waals surface area contributed by atoms with Gasteiger partial charge in [0.25, 0.3) is 0 Å². The Hall–Kier alpha value is -2.98. The second kappa shape index (κ2) is 9.03. The molecular weight excluding hydrogens is 416 g/mol. The summed E-state index contributed by atoms with van der Waals surface area (Å²) in [5.74, 6) is 0.639. The number of aryl methyl sites for hydroxylation is 1. The van der Waals surface area contributed by atoms with Crippen LogP contribution in [0.2, 0.25) is 0 Å². The molecule has 1 aliphatic rings. The van der Waals surface area contributed by atoms with Gasteiger partial charge in [-0.2, -0.15) is 5.10 Å². The molecule has 3 aromatic heterocycles. The van der Waals surface area contributed by atoms with E-state index in [0.717, 1.165) is 21.8 Å². The maximum Gasteiger partial charge on any atom is 0.224 e. The summed E-state index contributed by atoms with van der Waals surface area (Å²) in [4.78, 5) is 25.3. The second-order valence-electron chi connectivity index (χ2n) is 7.77. The molecule has 0 spiro atoms. The molecule has 9 nitrogen and oxygen atoms in total. The number of amides is 2. The van der Waals surface area contributed by atoms with Crippen LogP contribution in [-0.4, -0.2) is 32.8 Å². The van der Waals surface area contributed by atoms with Gasteiger partial charge in [-0.05, 0) is 44.2 Å². The van der Waals surface area contributed by atoms with E-state index in [0.29, 0.717) is 37.3 Å². The monoisotopic (exact) mass is 442 g/mol. The molecule has 1 aliphatic heterocycles. The summed E-state index contributed by atoms with van der Waals surface area (Å²) in [6.07, 6.45) is 0.980. The molecule has 4 rings (SSSR count). The van der Waals surface area contributed by atoms with Gasteiger partial charge in [-0.1, -0.05) is 11.2 Å². The van der Waals surface area contributed by atoms with Crippen LogP contribution in [0.25, 0.3) is 10.6 Å². The van der Waals surface area contributed by atoms with Gasteiger partial charge in [0.2, 0.25) is 11.8 Å². The zero-order chi connectivity index (χ0) is 22.0. The Morgan fingerprint density at radius 1 is 1.42 bits per heavy atom. The van der Waals surface area contributed by atoms with Gasteiger partial charge in [-0.3, -0.25) is 14.9 Å². The predicted molar refractivity (Wildman–Crippen MR) is 116 cm³/mol. The quantitative estimate of drug-likeness (QED) is 0.518. The van der Waals surface area contributed by atoms with E-state index in [1.54, 1.807) is 16.0 Å². The van der Waals surface area contributed by atoms with Gasteiger partial charge < -0.3 is 15.2 Å². The fourth-order valence-corrected chi connectivity index (χ4v) is 4.42. The Bertz CT molecular complexity index is 1070. The summed E-state index contributed by atoms with van der Waals surface area (Å²) < 4.78 is 7.13. The first-order valence-corrected chi connectivity index (χ1v) is 11.1. The molecule has 0 radical (unpaired) electrons. The van der Waals surface area contributed by atoms with Crippen molar-refractivity contribution in [2.24, 2.45) is 0 Å². The maximum atomic E-state index is 12.4. The lowest BCUT2D eigenvalue weighted by molar-refractivity contribution is -0.125. The Kier molecular flexibility index (Phi) is 6.19. The third-order valence-electron chi connectivity index (χ3n) is 5.34. The first kappa shape index (κ1) is 21.3. The topological polar surface area (TPSA) is 114 Å². The van der Waals surface area contributed by atoms with Gasteiger partial charge in [0.05, 0.1) is 17.1 Å². The standard InChI is InChI=1S/C21H26N6O3S/c1-12-9-20(29)24-21(23-12)27-14(3)16(13(2)25-27)6-7-19(28)22-11-15-10-17(30-26-15)18-5-4-8-31-18/h4-5,8,10,12,21,23H,6-7,9,11H2,1-3H3,(H,22,28)(H,24,29). The minimum atomic E-state index is -0.373. The van der Waals surface area contributed by atoms with Crippen molar-refractivity contribution in [1.29, 1.82) is 0 Å². The molecule has 3 aromatic rings. The highest BCUT2D eigenvalue weighted by Crippen LogP contribution is 2.25. The molecule has 2 unspecified atom stereocenters. The molecule has 2 amide bonds. The molecule has 0 bridgehead atoms. The van der Waals surface area contributed by atoms with Crippen molar-refractivity contribution >= 4 is 23.2 Å². The van der Waals surface area contributed by atoms with Crippen molar-refractivity contribution in [3.8, 4) is 10.6 Å². The van der Waals surface area contributed by atoms with Gasteiger partial charge in [-0.25, -0.2) is 4.68 Å². The highest BCUT2D eigenvalue weighted by Gasteiger charge is 2.27. The average Bonchev–Trinajstić information content (AvgIpc) is 3.45. The van der Waals surface area contributed by atoms with E-state index in [-0.39, 0.29) is 24.1 Å². The number of nitrogens with zero attached hydrogens (tertiary/aromatic N) is 3. The molecular formula is C21H26N6O3S. The first-order valence-electron chi connectivity index (χ1n) is 10.3. The van der Waals surface area contributed by atoms with E-state index in [1.807, 2.05) is 44.4 Å². The van der Waals surface area contributed by atoms with Crippen molar-refractivity contribution in [2.45, 2.75) is 58.9 Å². The molecule has 1 fully saturated rings. The molecule has 31 heavy (non-hydrogen) atoms. The average molecular weight is 443 g/mol. The maximum absolute atomic E-state index is 12.4. The predicted octanol–water partition coefficient (Wildman–Crippen LogP) is 2.42. The Morgan fingerprint density at radius 3 is 3.00 bits per heavy atom. The normalized spacial score (nSPS) is 18.7. The van der Waals surface area contributed by atoms with Crippen LogP contribution in [-0.2, 0) is 22.6 Å². The van der Waals surface area contributed by atoms with Crippen LogP contribution in [0.5, 0.6) is 0 Å². The number of nitrogens with one attached hydrogen (secondary N) is 3. The van der Waals surface area contributed by atoms with Crippen LogP contribution in [0.1, 0.15) is 48.7 Å². The summed E-state index contributed by atoms with van der Waals surface area (Å²) in [6, 6.07) is 5.84. The third kappa shape index (κ3) is 4.86. The number of rotatable bonds is 7. The van der Waals surface area contributed by atoms with E-state index in [9.17, 15) is 9.59 Å². The van der Waals surface area contributed by atoms with E-state index >= 15 is 0 Å². The van der Waals surface area contributed by atoms with Crippen LogP contribution < -0.4 is 16.0 Å². The molecule has 0 saturated carbocycles. The van der Waals surface area contributed by atoms with Gasteiger partial charge >= 0.3 is 0 Å². The van der Waals surface area contributed by atoms with E-state index in [1.165, 1.54) is 0 Å². The molecule has 10 heteroatoms. The minimum Gasteiger partial charge on any atom is -0.355 e. The van der Waals surface area contributed by atoms with Gasteiger partial charge in [-0.15, -0.1) is 11.3 Å². The Labute approximate surface area is 184 Å². The molecule has 2 atom stereocenters. The largest absolute Gasteiger partial charge is 0.355 e. The SMILES string of the molecule is Cc1nn(C2NC(=O)CC(C)N2)c(C)c1CCC(=O)NCc1cc(-c2cccs2)on1. The fourth-order valence-electron chi connectivity index (χ4n) is 3.75. The molecule has 164 valence electrons. The number of hydrogen-bond donors (Lipinski definition) is 3. The zero-order valence-electron chi connectivity index (χ0n) is 17.8. The molecule has 3 N–H and O–H groups in total. The van der Waals surface area contributed by atoms with Crippen molar-refractivity contribution in [1.82, 2.24) is 30.9 Å². The summed E-state index contributed by atoms with van der Waals surface area (Å²) in [6.45, 7) is 6.18. The highest BCUT2D eigenvalue weighted by molar-refractivity contribution is 7.13. The van der Waals surface area contributed by atoms with Gasteiger partial charge in [0.1, 0.15) is 5.69 Å². The van der Waals surface area contributed by atoms with Crippen LogP contribution in [0.3, 0.4) is 0 Å².